The number of nitrogens with zero attached hydrogens (tertiary/aromatic N) is 2. The lowest BCUT2D eigenvalue weighted by Crippen LogP contribution is -2.40. The Morgan fingerprint density at radius 3 is 2.50 bits per heavy atom. The lowest BCUT2D eigenvalue weighted by Gasteiger charge is -2.11. The summed E-state index contributed by atoms with van der Waals surface area (Å²) in [5.41, 5.74) is 1.50. The third-order valence-corrected chi connectivity index (χ3v) is 4.68. The number of carbonyl (C=O) groups excluding carboxylic acids is 1. The van der Waals surface area contributed by atoms with Crippen LogP contribution in [0, 0.1) is 6.92 Å². The number of hydrogen-bond acceptors (Lipinski definition) is 4. The third-order valence-electron chi connectivity index (χ3n) is 3.79. The smallest absolute Gasteiger partial charge is 0.325 e. The van der Waals surface area contributed by atoms with Crippen molar-refractivity contribution in [2.45, 2.75) is 26.9 Å². The molecule has 0 unspecified atom stereocenters. The Morgan fingerprint density at radius 1 is 1.12 bits per heavy atom. The number of hydrogen-bond donors (Lipinski definition) is 1. The summed E-state index contributed by atoms with van der Waals surface area (Å²) >= 11 is 1.27. The molecule has 2 aromatic heterocycles. The van der Waals surface area contributed by atoms with Crippen LogP contribution in [0.5, 0.6) is 0 Å². The summed E-state index contributed by atoms with van der Waals surface area (Å²) in [7, 11) is 0. The number of fused-ring (bicyclic) bond motifs is 1. The molecule has 2 heterocycles. The maximum atomic E-state index is 12.5. The first-order chi connectivity index (χ1) is 11.5. The van der Waals surface area contributed by atoms with Gasteiger partial charge in [0.1, 0.15) is 11.2 Å². The first kappa shape index (κ1) is 16.2. The largest absolute Gasteiger partial charge is 0.331 e. The minimum atomic E-state index is -0.465. The summed E-state index contributed by atoms with van der Waals surface area (Å²) in [6, 6.07) is 9.11. The molecular formula is C17H17N3O3S. The first-order valence-electron chi connectivity index (χ1n) is 7.58. The molecule has 0 saturated heterocycles. The number of aryl methyl sites for hydroxylation is 1. The lowest BCUT2D eigenvalue weighted by atomic mass is 10.2. The summed E-state index contributed by atoms with van der Waals surface area (Å²) < 4.78 is 2.98. The van der Waals surface area contributed by atoms with Gasteiger partial charge in [0.15, 0.2) is 0 Å². The average molecular weight is 343 g/mol. The summed E-state index contributed by atoms with van der Waals surface area (Å²) in [4.78, 5) is 37.1. The van der Waals surface area contributed by atoms with Crippen LogP contribution in [0.2, 0.25) is 0 Å². The molecule has 0 aliphatic carbocycles. The van der Waals surface area contributed by atoms with Crippen molar-refractivity contribution in [3.05, 3.63) is 62.1 Å². The van der Waals surface area contributed by atoms with E-state index in [2.05, 4.69) is 5.32 Å². The maximum absolute atomic E-state index is 12.5. The van der Waals surface area contributed by atoms with Gasteiger partial charge in [-0.3, -0.25) is 18.7 Å². The predicted molar refractivity (Wildman–Crippen MR) is 95.8 cm³/mol. The van der Waals surface area contributed by atoms with Gasteiger partial charge in [-0.05, 0) is 37.4 Å². The van der Waals surface area contributed by atoms with E-state index in [4.69, 9.17) is 0 Å². The van der Waals surface area contributed by atoms with Gasteiger partial charge >= 0.3 is 5.69 Å². The average Bonchev–Trinajstić information content (AvgIpc) is 3.04. The molecule has 7 heteroatoms. The SMILES string of the molecule is CCn1c(=O)c2sccc2n(CC(=O)Nc2ccc(C)cc2)c1=O. The molecule has 24 heavy (non-hydrogen) atoms. The highest BCUT2D eigenvalue weighted by Gasteiger charge is 2.15. The van der Waals surface area contributed by atoms with E-state index < -0.39 is 5.69 Å². The topological polar surface area (TPSA) is 73.1 Å². The molecule has 1 N–H and O–H groups in total. The van der Waals surface area contributed by atoms with Gasteiger partial charge in [-0.1, -0.05) is 17.7 Å². The Balaban J connectivity index is 1.96. The zero-order valence-corrected chi connectivity index (χ0v) is 14.2. The van der Waals surface area contributed by atoms with Crippen molar-refractivity contribution < 1.29 is 4.79 Å². The van der Waals surface area contributed by atoms with E-state index in [1.54, 1.807) is 18.4 Å². The van der Waals surface area contributed by atoms with Crippen molar-refractivity contribution in [2.24, 2.45) is 0 Å². The van der Waals surface area contributed by atoms with E-state index in [1.807, 2.05) is 31.2 Å². The molecule has 0 atom stereocenters. The molecule has 3 rings (SSSR count). The van der Waals surface area contributed by atoms with Crippen LogP contribution in [0.15, 0.2) is 45.3 Å². The van der Waals surface area contributed by atoms with Crippen molar-refractivity contribution in [3.8, 4) is 0 Å². The zero-order valence-electron chi connectivity index (χ0n) is 13.4. The summed E-state index contributed by atoms with van der Waals surface area (Å²) in [5, 5.41) is 4.52. The molecule has 124 valence electrons. The molecule has 0 saturated carbocycles. The normalized spacial score (nSPS) is 10.9. The fraction of sp³-hybridized carbons (Fsp3) is 0.235. The van der Waals surface area contributed by atoms with Gasteiger partial charge < -0.3 is 5.32 Å². The fourth-order valence-electron chi connectivity index (χ4n) is 2.55. The second-order valence-electron chi connectivity index (χ2n) is 5.47. The molecule has 0 aliphatic heterocycles. The van der Waals surface area contributed by atoms with Crippen LogP contribution in [0.3, 0.4) is 0 Å². The molecule has 0 fully saturated rings. The van der Waals surface area contributed by atoms with Crippen LogP contribution in [0.1, 0.15) is 12.5 Å². The zero-order chi connectivity index (χ0) is 17.3. The van der Waals surface area contributed by atoms with Gasteiger partial charge in [0.05, 0.1) is 5.52 Å². The Bertz CT molecular complexity index is 1010. The van der Waals surface area contributed by atoms with Gasteiger partial charge in [-0.25, -0.2) is 4.79 Å². The number of amides is 1. The summed E-state index contributed by atoms with van der Waals surface area (Å²) in [6.45, 7) is 3.83. The second kappa shape index (κ2) is 6.45. The number of carbonyl (C=O) groups is 1. The Kier molecular flexibility index (Phi) is 4.35. The number of rotatable bonds is 4. The van der Waals surface area contributed by atoms with Crippen LogP contribution in [0.25, 0.3) is 10.2 Å². The number of aromatic nitrogens is 2. The monoisotopic (exact) mass is 343 g/mol. The van der Waals surface area contributed by atoms with Crippen LogP contribution in [0.4, 0.5) is 5.69 Å². The highest BCUT2D eigenvalue weighted by atomic mass is 32.1. The van der Waals surface area contributed by atoms with Gasteiger partial charge in [-0.2, -0.15) is 0 Å². The van der Waals surface area contributed by atoms with Gasteiger partial charge in [0.25, 0.3) is 5.56 Å². The van der Waals surface area contributed by atoms with E-state index in [0.717, 1.165) is 10.1 Å². The first-order valence-corrected chi connectivity index (χ1v) is 8.46. The molecule has 0 radical (unpaired) electrons. The maximum Gasteiger partial charge on any atom is 0.331 e. The molecule has 0 bridgehead atoms. The molecule has 6 nitrogen and oxygen atoms in total. The van der Waals surface area contributed by atoms with Crippen LogP contribution < -0.4 is 16.6 Å². The van der Waals surface area contributed by atoms with Crippen molar-refractivity contribution >= 4 is 33.1 Å². The Hall–Kier alpha value is -2.67. The highest BCUT2D eigenvalue weighted by Crippen LogP contribution is 2.15. The quantitative estimate of drug-likeness (QED) is 0.789. The van der Waals surface area contributed by atoms with E-state index in [9.17, 15) is 14.4 Å². The van der Waals surface area contributed by atoms with Gasteiger partial charge in [0.2, 0.25) is 5.91 Å². The summed E-state index contributed by atoms with van der Waals surface area (Å²) in [5.74, 6) is -0.310. The van der Waals surface area contributed by atoms with E-state index in [1.165, 1.54) is 15.9 Å². The van der Waals surface area contributed by atoms with Crippen LogP contribution >= 0.6 is 11.3 Å². The Labute approximate surface area is 142 Å². The molecule has 0 spiro atoms. The summed E-state index contributed by atoms with van der Waals surface area (Å²) in [6.07, 6.45) is 0. The van der Waals surface area contributed by atoms with Crippen LogP contribution in [-0.2, 0) is 17.9 Å². The number of anilines is 1. The number of thiophene rings is 1. The van der Waals surface area contributed by atoms with E-state index in [-0.39, 0.29) is 24.6 Å². The molecule has 0 aliphatic rings. The molecule has 3 aromatic rings. The minimum absolute atomic E-state index is 0.139. The Morgan fingerprint density at radius 2 is 1.83 bits per heavy atom. The van der Waals surface area contributed by atoms with Gasteiger partial charge in [0, 0.05) is 12.2 Å². The number of nitrogens with one attached hydrogen (secondary N) is 1. The van der Waals surface area contributed by atoms with E-state index >= 15 is 0 Å². The fourth-order valence-corrected chi connectivity index (χ4v) is 3.39. The molecular weight excluding hydrogens is 326 g/mol. The highest BCUT2D eigenvalue weighted by molar-refractivity contribution is 7.17. The molecule has 1 amide bonds. The van der Waals surface area contributed by atoms with Crippen molar-refractivity contribution in [2.75, 3.05) is 5.32 Å². The standard InChI is InChI=1S/C17H17N3O3S/c1-3-19-16(22)15-13(8-9-24-15)20(17(19)23)10-14(21)18-12-6-4-11(2)5-7-12/h4-9H,3,10H2,1-2H3,(H,18,21). The molecule has 1 aromatic carbocycles. The minimum Gasteiger partial charge on any atom is -0.325 e. The van der Waals surface area contributed by atoms with E-state index in [0.29, 0.717) is 15.9 Å². The number of benzene rings is 1. The van der Waals surface area contributed by atoms with Crippen molar-refractivity contribution in [3.63, 3.8) is 0 Å². The van der Waals surface area contributed by atoms with Crippen molar-refractivity contribution in [1.82, 2.24) is 9.13 Å². The lowest BCUT2D eigenvalue weighted by molar-refractivity contribution is -0.116. The van der Waals surface area contributed by atoms with Crippen molar-refractivity contribution in [1.29, 1.82) is 0 Å². The predicted octanol–water partition coefficient (Wildman–Crippen LogP) is 2.19. The second-order valence-corrected chi connectivity index (χ2v) is 6.38. The van der Waals surface area contributed by atoms with Gasteiger partial charge in [-0.15, -0.1) is 11.3 Å². The third kappa shape index (κ3) is 2.90. The van der Waals surface area contributed by atoms with Crippen LogP contribution in [-0.4, -0.2) is 15.0 Å².